The molecule has 2 aromatic carbocycles. The summed E-state index contributed by atoms with van der Waals surface area (Å²) in [5.41, 5.74) is 2.78. The smallest absolute Gasteiger partial charge is 0.271 e. The number of carbonyl (C=O) groups is 2. The van der Waals surface area contributed by atoms with E-state index >= 15 is 0 Å². The first-order valence-electron chi connectivity index (χ1n) is 8.31. The molecule has 0 unspecified atom stereocenters. The molecule has 0 radical (unpaired) electrons. The van der Waals surface area contributed by atoms with E-state index in [1.807, 2.05) is 49.4 Å². The second kappa shape index (κ2) is 8.33. The van der Waals surface area contributed by atoms with E-state index in [0.29, 0.717) is 22.9 Å². The molecule has 2 N–H and O–H groups in total. The van der Waals surface area contributed by atoms with Crippen molar-refractivity contribution >= 4 is 40.4 Å². The predicted molar refractivity (Wildman–Crippen MR) is 109 cm³/mol. The molecule has 3 rings (SSSR count). The van der Waals surface area contributed by atoms with Gasteiger partial charge in [-0.2, -0.15) is 0 Å². The number of amides is 2. The van der Waals surface area contributed by atoms with Crippen molar-refractivity contribution in [3.8, 4) is 10.6 Å². The number of benzene rings is 2. The number of aryl methyl sites for hydroxylation is 1. The number of carbonyl (C=O) groups excluding carboxylic acids is 2. The highest BCUT2D eigenvalue weighted by Crippen LogP contribution is 2.29. The monoisotopic (exact) mass is 399 g/mol. The van der Waals surface area contributed by atoms with Crippen molar-refractivity contribution in [2.45, 2.75) is 20.4 Å². The third-order valence-corrected chi connectivity index (χ3v) is 5.23. The van der Waals surface area contributed by atoms with Crippen LogP contribution < -0.4 is 10.6 Å². The van der Waals surface area contributed by atoms with Crippen molar-refractivity contribution < 1.29 is 9.59 Å². The molecule has 27 heavy (non-hydrogen) atoms. The molecule has 0 aliphatic rings. The second-order valence-electron chi connectivity index (χ2n) is 5.96. The lowest BCUT2D eigenvalue weighted by Crippen LogP contribution is -2.24. The molecule has 0 saturated heterocycles. The highest BCUT2D eigenvalue weighted by molar-refractivity contribution is 7.15. The van der Waals surface area contributed by atoms with Crippen LogP contribution >= 0.6 is 22.9 Å². The molecule has 0 fully saturated rings. The number of nitrogens with one attached hydrogen (secondary N) is 2. The number of nitrogens with zero attached hydrogens (tertiary/aromatic N) is 1. The molecular weight excluding hydrogens is 382 g/mol. The Kier molecular flexibility index (Phi) is 5.88. The van der Waals surface area contributed by atoms with Gasteiger partial charge in [0.1, 0.15) is 10.7 Å². The van der Waals surface area contributed by atoms with Gasteiger partial charge in [0.25, 0.3) is 5.91 Å². The summed E-state index contributed by atoms with van der Waals surface area (Å²) in [6.45, 7) is 3.66. The zero-order valence-electron chi connectivity index (χ0n) is 14.9. The largest absolute Gasteiger partial charge is 0.347 e. The van der Waals surface area contributed by atoms with Crippen molar-refractivity contribution in [1.29, 1.82) is 0 Å². The van der Waals surface area contributed by atoms with Gasteiger partial charge in [-0.1, -0.05) is 41.9 Å². The van der Waals surface area contributed by atoms with E-state index in [-0.39, 0.29) is 11.8 Å². The summed E-state index contributed by atoms with van der Waals surface area (Å²) >= 11 is 7.56. The minimum absolute atomic E-state index is 0.137. The summed E-state index contributed by atoms with van der Waals surface area (Å²) in [7, 11) is 0. The lowest BCUT2D eigenvalue weighted by Gasteiger charge is -2.06. The van der Waals surface area contributed by atoms with Gasteiger partial charge in [0.15, 0.2) is 0 Å². The van der Waals surface area contributed by atoms with Gasteiger partial charge in [-0.25, -0.2) is 4.98 Å². The minimum atomic E-state index is -0.243. The fraction of sp³-hybridized carbons (Fsp3) is 0.150. The van der Waals surface area contributed by atoms with E-state index in [0.717, 1.165) is 21.0 Å². The van der Waals surface area contributed by atoms with Crippen LogP contribution in [-0.2, 0) is 11.3 Å². The Hall–Kier alpha value is -2.70. The number of thiazole rings is 1. The maximum absolute atomic E-state index is 12.5. The lowest BCUT2D eigenvalue weighted by atomic mass is 10.2. The van der Waals surface area contributed by atoms with Crippen LogP contribution in [0, 0.1) is 6.92 Å². The fourth-order valence-corrected chi connectivity index (χ4v) is 3.67. The molecule has 0 spiro atoms. The Bertz CT molecular complexity index is 1000. The molecule has 1 aromatic heterocycles. The van der Waals surface area contributed by atoms with Gasteiger partial charge in [0.2, 0.25) is 5.91 Å². The van der Waals surface area contributed by atoms with Crippen LogP contribution in [0.4, 0.5) is 5.69 Å². The standard InChI is InChI=1S/C20H18ClN3O2S/c1-12-18(19(26)22-11-15-6-3-4-9-17(15)21)24-20(27-12)14-7-5-8-16(10-14)23-13(2)25/h3-10H,11H2,1-2H3,(H,22,26)(H,23,25). The van der Waals surface area contributed by atoms with Crippen LogP contribution in [0.2, 0.25) is 5.02 Å². The van der Waals surface area contributed by atoms with Crippen molar-refractivity contribution in [3.05, 3.63) is 69.7 Å². The van der Waals surface area contributed by atoms with Crippen LogP contribution in [0.15, 0.2) is 48.5 Å². The molecule has 0 aliphatic carbocycles. The Morgan fingerprint density at radius 2 is 1.93 bits per heavy atom. The first-order chi connectivity index (χ1) is 12.9. The van der Waals surface area contributed by atoms with Gasteiger partial charge < -0.3 is 10.6 Å². The van der Waals surface area contributed by atoms with Crippen molar-refractivity contribution in [2.75, 3.05) is 5.32 Å². The highest BCUT2D eigenvalue weighted by Gasteiger charge is 2.16. The lowest BCUT2D eigenvalue weighted by molar-refractivity contribution is -0.114. The van der Waals surface area contributed by atoms with Crippen LogP contribution in [0.25, 0.3) is 10.6 Å². The third kappa shape index (κ3) is 4.72. The zero-order valence-corrected chi connectivity index (χ0v) is 16.4. The number of hydrogen-bond acceptors (Lipinski definition) is 4. The quantitative estimate of drug-likeness (QED) is 0.655. The van der Waals surface area contributed by atoms with E-state index in [4.69, 9.17) is 11.6 Å². The summed E-state index contributed by atoms with van der Waals surface area (Å²) in [5.74, 6) is -0.380. The second-order valence-corrected chi connectivity index (χ2v) is 7.57. The van der Waals surface area contributed by atoms with Gasteiger partial charge in [-0.15, -0.1) is 11.3 Å². The Balaban J connectivity index is 1.77. The molecule has 138 valence electrons. The predicted octanol–water partition coefficient (Wildman–Crippen LogP) is 4.66. The summed E-state index contributed by atoms with van der Waals surface area (Å²) in [6, 6.07) is 14.8. The van der Waals surface area contributed by atoms with Crippen molar-refractivity contribution in [1.82, 2.24) is 10.3 Å². The number of aromatic nitrogens is 1. The van der Waals surface area contributed by atoms with Crippen LogP contribution in [-0.4, -0.2) is 16.8 Å². The molecular formula is C20H18ClN3O2S. The van der Waals surface area contributed by atoms with Crippen molar-refractivity contribution in [3.63, 3.8) is 0 Å². The summed E-state index contributed by atoms with van der Waals surface area (Å²) in [5, 5.41) is 6.95. The maximum Gasteiger partial charge on any atom is 0.271 e. The summed E-state index contributed by atoms with van der Waals surface area (Å²) in [4.78, 5) is 29.1. The molecule has 1 heterocycles. The van der Waals surface area contributed by atoms with E-state index < -0.39 is 0 Å². The molecule has 0 saturated carbocycles. The third-order valence-electron chi connectivity index (χ3n) is 3.84. The molecule has 2 amide bonds. The summed E-state index contributed by atoms with van der Waals surface area (Å²) < 4.78 is 0. The van der Waals surface area contributed by atoms with Gasteiger partial charge in [0.05, 0.1) is 0 Å². The van der Waals surface area contributed by atoms with Crippen LogP contribution in [0.5, 0.6) is 0 Å². The fourth-order valence-electron chi connectivity index (χ4n) is 2.56. The molecule has 0 aliphatic heterocycles. The molecule has 7 heteroatoms. The topological polar surface area (TPSA) is 71.1 Å². The minimum Gasteiger partial charge on any atom is -0.347 e. The van der Waals surface area contributed by atoms with Gasteiger partial charge in [-0.3, -0.25) is 9.59 Å². The SMILES string of the molecule is CC(=O)Nc1cccc(-c2nc(C(=O)NCc3ccccc3Cl)c(C)s2)c1. The summed E-state index contributed by atoms with van der Waals surface area (Å²) in [6.07, 6.45) is 0. The highest BCUT2D eigenvalue weighted by atomic mass is 35.5. The number of rotatable bonds is 5. The number of anilines is 1. The van der Waals surface area contributed by atoms with Crippen LogP contribution in [0.1, 0.15) is 27.9 Å². The maximum atomic E-state index is 12.5. The van der Waals surface area contributed by atoms with E-state index in [9.17, 15) is 9.59 Å². The van der Waals surface area contributed by atoms with Gasteiger partial charge in [-0.05, 0) is 30.7 Å². The van der Waals surface area contributed by atoms with Crippen LogP contribution in [0.3, 0.4) is 0 Å². The Morgan fingerprint density at radius 1 is 1.15 bits per heavy atom. The van der Waals surface area contributed by atoms with E-state index in [1.54, 1.807) is 6.07 Å². The normalized spacial score (nSPS) is 10.5. The number of hydrogen-bond donors (Lipinski definition) is 2. The molecule has 0 bridgehead atoms. The average molecular weight is 400 g/mol. The first-order valence-corrected chi connectivity index (χ1v) is 9.50. The molecule has 0 atom stereocenters. The molecule has 5 nitrogen and oxygen atoms in total. The van der Waals surface area contributed by atoms with Gasteiger partial charge >= 0.3 is 0 Å². The van der Waals surface area contributed by atoms with E-state index in [1.165, 1.54) is 18.3 Å². The molecule has 3 aromatic rings. The van der Waals surface area contributed by atoms with Crippen molar-refractivity contribution in [2.24, 2.45) is 0 Å². The number of halogens is 1. The first kappa shape index (κ1) is 19.1. The average Bonchev–Trinajstić information content (AvgIpc) is 3.02. The Labute approximate surface area is 166 Å². The zero-order chi connectivity index (χ0) is 19.4. The van der Waals surface area contributed by atoms with E-state index in [2.05, 4.69) is 15.6 Å². The Morgan fingerprint density at radius 3 is 2.67 bits per heavy atom. The van der Waals surface area contributed by atoms with Gasteiger partial charge in [0, 0.05) is 34.6 Å².